The summed E-state index contributed by atoms with van der Waals surface area (Å²) in [5.41, 5.74) is 40.1. The summed E-state index contributed by atoms with van der Waals surface area (Å²) in [6.45, 7) is 58.6. The largest absolute Gasteiger partial charge is 0.397 e. The fraction of sp³-hybridized carbons (Fsp3) is 0.712. The Bertz CT molecular complexity index is 1980. The minimum atomic E-state index is -0.119. The molecule has 0 aliphatic carbocycles. The first-order chi connectivity index (χ1) is 31.7. The van der Waals surface area contributed by atoms with Crippen LogP contribution in [0.1, 0.15) is 197 Å². The molecule has 0 fully saturated rings. The molecule has 0 saturated carbocycles. The number of fused-ring (bicyclic) bond motifs is 12. The van der Waals surface area contributed by atoms with Crippen molar-refractivity contribution in [2.45, 2.75) is 235 Å². The van der Waals surface area contributed by atoms with Crippen molar-refractivity contribution in [3.63, 3.8) is 0 Å². The van der Waals surface area contributed by atoms with E-state index >= 15 is 0 Å². The van der Waals surface area contributed by atoms with Gasteiger partial charge in [-0.25, -0.2) is 0 Å². The van der Waals surface area contributed by atoms with Crippen LogP contribution in [-0.2, 0) is 38.5 Å². The summed E-state index contributed by atoms with van der Waals surface area (Å²) in [5, 5.41) is 5.34. The Hall–Kier alpha value is -2.86. The molecule has 7 rings (SSSR count). The second kappa shape index (κ2) is 20.6. The normalized spacial score (nSPS) is 20.7. The highest BCUT2D eigenvalue weighted by molar-refractivity contribution is 6.16. The Morgan fingerprint density at radius 3 is 0.551 bits per heavy atom. The molecule has 4 heterocycles. The molecular formula is C59H98N10. The summed E-state index contributed by atoms with van der Waals surface area (Å²) in [7, 11) is 0. The van der Waals surface area contributed by atoms with Crippen LogP contribution >= 0.6 is 0 Å². The van der Waals surface area contributed by atoms with Crippen molar-refractivity contribution in [1.82, 2.24) is 29.4 Å². The molecule has 3 aromatic carbocycles. The smallest absolute Gasteiger partial charge is 0.147 e. The van der Waals surface area contributed by atoms with Gasteiger partial charge < -0.3 is 22.9 Å². The maximum Gasteiger partial charge on any atom is 0.147 e. The zero-order chi connectivity index (χ0) is 51.4. The van der Waals surface area contributed by atoms with Crippen LogP contribution in [0, 0.1) is 20.0 Å². The standard InChI is InChI=1S/C59H98N10/c1-54(2,3)64-31-19-25-40-46-42-27-21-33-66(56(7,8)9)38-68(58(13,14)15)35-23-29-44(52(62)50(42)60)48(46)41(26-20-32-65(37-64)55(4,5)6)49-45-30-24-36-69(59(16,17)18)39-67(57(10,11)12)34-22-28-43(47(40)49)51(61)53(45)63/h19-36,60-63H2,1-18H3. The maximum atomic E-state index is 7.55. The number of rotatable bonds is 0. The quantitative estimate of drug-likeness (QED) is 0.128. The molecule has 0 unspecified atom stereocenters. The van der Waals surface area contributed by atoms with Crippen LogP contribution in [0.2, 0.25) is 0 Å². The van der Waals surface area contributed by atoms with Gasteiger partial charge in [-0.2, -0.15) is 0 Å². The maximum absolute atomic E-state index is 7.55. The molecule has 3 aromatic rings. The lowest BCUT2D eigenvalue weighted by atomic mass is 9.77. The number of hydrogen-bond donors (Lipinski definition) is 4. The van der Waals surface area contributed by atoms with Crippen molar-refractivity contribution in [2.75, 3.05) is 62.2 Å². The number of benzene rings is 3. The van der Waals surface area contributed by atoms with E-state index in [1.807, 2.05) is 0 Å². The molecule has 10 nitrogen and oxygen atoms in total. The Morgan fingerprint density at radius 2 is 0.406 bits per heavy atom. The molecular weight excluding hydrogens is 849 g/mol. The Kier molecular flexibility index (Phi) is 16.5. The van der Waals surface area contributed by atoms with Gasteiger partial charge in [0.25, 0.3) is 0 Å². The van der Waals surface area contributed by atoms with E-state index in [-0.39, 0.29) is 33.2 Å². The average molecular weight is 948 g/mol. The molecule has 4 aliphatic heterocycles. The van der Waals surface area contributed by atoms with Crippen LogP contribution in [0.5, 0.6) is 0 Å². The van der Waals surface area contributed by atoms with Crippen molar-refractivity contribution >= 4 is 44.3 Å². The second-order valence-corrected chi connectivity index (χ2v) is 26.9. The zero-order valence-corrected chi connectivity index (χ0v) is 47.2. The lowest BCUT2D eigenvalue weighted by Gasteiger charge is -2.43. The summed E-state index contributed by atoms with van der Waals surface area (Å²) in [6.07, 6.45) is 10.5. The van der Waals surface area contributed by atoms with Crippen LogP contribution in [0.15, 0.2) is 0 Å². The van der Waals surface area contributed by atoms with Gasteiger partial charge in [-0.15, -0.1) is 0 Å². The molecule has 384 valence electrons. The third kappa shape index (κ3) is 12.3. The fourth-order valence-corrected chi connectivity index (χ4v) is 11.0. The van der Waals surface area contributed by atoms with E-state index in [2.05, 4.69) is 174 Å². The highest BCUT2D eigenvalue weighted by Gasteiger charge is 2.36. The minimum absolute atomic E-state index is 0.111. The van der Waals surface area contributed by atoms with Crippen LogP contribution in [0.25, 0.3) is 21.5 Å². The predicted octanol–water partition coefficient (Wildman–Crippen LogP) is 11.6. The molecule has 0 atom stereocenters. The summed E-state index contributed by atoms with van der Waals surface area (Å²) >= 11 is 0. The van der Waals surface area contributed by atoms with Gasteiger partial charge >= 0.3 is 0 Å². The van der Waals surface area contributed by atoms with Gasteiger partial charge in [-0.3, -0.25) is 29.4 Å². The molecule has 0 aromatic heterocycles. The first-order valence-electron chi connectivity index (χ1n) is 26.9. The Morgan fingerprint density at radius 1 is 0.261 bits per heavy atom. The third-order valence-electron chi connectivity index (χ3n) is 15.2. The van der Waals surface area contributed by atoms with E-state index in [0.717, 1.165) is 139 Å². The van der Waals surface area contributed by atoms with Crippen LogP contribution in [0.3, 0.4) is 0 Å². The topological polar surface area (TPSA) is 124 Å². The zero-order valence-electron chi connectivity index (χ0n) is 47.2. The van der Waals surface area contributed by atoms with E-state index in [0.29, 0.717) is 0 Å². The fourth-order valence-electron chi connectivity index (χ4n) is 11.0. The highest BCUT2D eigenvalue weighted by atomic mass is 15.4. The van der Waals surface area contributed by atoms with Crippen LogP contribution < -0.4 is 22.9 Å². The van der Waals surface area contributed by atoms with Gasteiger partial charge in [0.1, 0.15) is 20.0 Å². The van der Waals surface area contributed by atoms with E-state index in [9.17, 15) is 0 Å². The molecule has 4 aliphatic rings. The first kappa shape index (κ1) is 55.5. The Balaban J connectivity index is 1.77. The van der Waals surface area contributed by atoms with Gasteiger partial charge in [0.15, 0.2) is 0 Å². The minimum Gasteiger partial charge on any atom is -0.397 e. The highest BCUT2D eigenvalue weighted by Crippen LogP contribution is 2.50. The summed E-state index contributed by atoms with van der Waals surface area (Å²) < 4.78 is 0. The van der Waals surface area contributed by atoms with Crippen molar-refractivity contribution in [3.8, 4) is 0 Å². The van der Waals surface area contributed by atoms with Crippen LogP contribution in [0.4, 0.5) is 22.7 Å². The summed E-state index contributed by atoms with van der Waals surface area (Å²) in [4.78, 5) is 14.7. The van der Waals surface area contributed by atoms with E-state index < -0.39 is 0 Å². The van der Waals surface area contributed by atoms with Crippen LogP contribution in [-0.4, -0.2) is 102 Å². The summed E-state index contributed by atoms with van der Waals surface area (Å²) in [5.74, 6) is 0. The lowest BCUT2D eigenvalue weighted by molar-refractivity contribution is 0.0613. The molecule has 69 heavy (non-hydrogen) atoms. The Labute approximate surface area is 422 Å². The monoisotopic (exact) mass is 947 g/mol. The summed E-state index contributed by atoms with van der Waals surface area (Å²) in [6, 6.07) is 0. The number of aryl methyl sites for hydroxylation is 6. The number of nitrogens with two attached hydrogens (primary N) is 4. The predicted molar refractivity (Wildman–Crippen MR) is 298 cm³/mol. The van der Waals surface area contributed by atoms with E-state index in [1.165, 1.54) is 54.9 Å². The third-order valence-corrected chi connectivity index (χ3v) is 15.2. The lowest BCUT2D eigenvalue weighted by Crippen LogP contribution is -2.50. The SMILES string of the molecule is CC(C)(C)N1[C]N(C(C)(C)C)CCCc2c(N)c(N)c(c3c4c5c6c(N)c(N)c(c5c(c23)CCCN(C(C)(C)C)[C]N(C(C)(C)C)CCC4)CCCN(C(C)(C)C)[C]N(C(C)(C)C)CCC6)CCC1. The van der Waals surface area contributed by atoms with Crippen molar-refractivity contribution < 1.29 is 0 Å². The molecule has 0 spiro atoms. The molecule has 8 N–H and O–H groups in total. The van der Waals surface area contributed by atoms with Gasteiger partial charge in [0.2, 0.25) is 0 Å². The molecule has 0 saturated heterocycles. The molecule has 0 amide bonds. The molecule has 10 heteroatoms. The van der Waals surface area contributed by atoms with Crippen molar-refractivity contribution in [2.24, 2.45) is 0 Å². The van der Waals surface area contributed by atoms with Crippen molar-refractivity contribution in [1.29, 1.82) is 0 Å². The van der Waals surface area contributed by atoms with Gasteiger partial charge in [-0.05, 0) is 257 Å². The van der Waals surface area contributed by atoms with Gasteiger partial charge in [0.05, 0.1) is 22.7 Å². The molecule has 6 bridgehead atoms. The number of nitrogens with zero attached hydrogens (tertiary/aromatic N) is 6. The number of anilines is 4. The number of nitrogen functional groups attached to an aromatic ring is 4. The van der Waals surface area contributed by atoms with E-state index in [4.69, 9.17) is 22.9 Å². The van der Waals surface area contributed by atoms with Gasteiger partial charge in [0, 0.05) is 72.5 Å². The second-order valence-electron chi connectivity index (χ2n) is 26.9. The molecule has 6 radical (unpaired) electrons. The van der Waals surface area contributed by atoms with E-state index in [1.54, 1.807) is 0 Å². The average Bonchev–Trinajstić information content (AvgIpc) is 3.25. The van der Waals surface area contributed by atoms with Crippen molar-refractivity contribution in [3.05, 3.63) is 53.4 Å². The van der Waals surface area contributed by atoms with Gasteiger partial charge in [-0.1, -0.05) is 0 Å². The first-order valence-corrected chi connectivity index (χ1v) is 26.9. The number of hydrogen-bond acceptors (Lipinski definition) is 10.